The van der Waals surface area contributed by atoms with Gasteiger partial charge >= 0.3 is 0 Å². The van der Waals surface area contributed by atoms with E-state index in [-0.39, 0.29) is 11.5 Å². The zero-order valence-electron chi connectivity index (χ0n) is 24.9. The molecular weight excluding hydrogens is 452 g/mol. The van der Waals surface area contributed by atoms with Gasteiger partial charge in [0.1, 0.15) is 11.5 Å². The van der Waals surface area contributed by atoms with Gasteiger partial charge in [-0.15, -0.1) is 0 Å². The molecule has 0 aromatic heterocycles. The number of aryl methyl sites for hydroxylation is 1. The van der Waals surface area contributed by atoms with Gasteiger partial charge in [0.25, 0.3) is 0 Å². The van der Waals surface area contributed by atoms with Gasteiger partial charge in [0, 0.05) is 6.07 Å². The predicted octanol–water partition coefficient (Wildman–Crippen LogP) is 12.2. The van der Waals surface area contributed by atoms with Gasteiger partial charge in [-0.1, -0.05) is 174 Å². The number of hydrogen-bond donors (Lipinski definition) is 2. The van der Waals surface area contributed by atoms with E-state index in [0.29, 0.717) is 0 Å². The second-order valence-corrected chi connectivity index (χ2v) is 11.8. The molecule has 0 bridgehead atoms. The molecule has 37 heavy (non-hydrogen) atoms. The van der Waals surface area contributed by atoms with Gasteiger partial charge in [-0.3, -0.25) is 0 Å². The van der Waals surface area contributed by atoms with E-state index in [2.05, 4.69) is 6.92 Å². The third kappa shape index (κ3) is 23.7. The van der Waals surface area contributed by atoms with Crippen LogP contribution in [0.4, 0.5) is 0 Å². The Labute approximate surface area is 232 Å². The van der Waals surface area contributed by atoms with E-state index in [1.165, 1.54) is 173 Å². The number of phenols is 2. The molecule has 0 saturated heterocycles. The van der Waals surface area contributed by atoms with Crippen molar-refractivity contribution in [3.63, 3.8) is 0 Å². The van der Waals surface area contributed by atoms with Gasteiger partial charge in [-0.2, -0.15) is 0 Å². The maximum atomic E-state index is 9.54. The SMILES string of the molecule is CCCCCCCCCCCCCCCCCCCCCCCCCCCCCc1cc(O)cc(O)c1. The third-order valence-corrected chi connectivity index (χ3v) is 8.03. The van der Waals surface area contributed by atoms with Crippen LogP contribution < -0.4 is 0 Å². The van der Waals surface area contributed by atoms with E-state index in [1.807, 2.05) is 0 Å². The summed E-state index contributed by atoms with van der Waals surface area (Å²) in [6.07, 6.45) is 39.3. The molecule has 0 heterocycles. The molecule has 0 spiro atoms. The number of hydrogen-bond acceptors (Lipinski definition) is 2. The number of benzene rings is 1. The van der Waals surface area contributed by atoms with Crippen molar-refractivity contribution in [1.82, 2.24) is 0 Å². The summed E-state index contributed by atoms with van der Waals surface area (Å²) in [6, 6.07) is 4.92. The van der Waals surface area contributed by atoms with Crippen molar-refractivity contribution in [2.45, 2.75) is 187 Å². The van der Waals surface area contributed by atoms with Crippen molar-refractivity contribution in [3.8, 4) is 11.5 Å². The molecule has 1 aromatic rings. The van der Waals surface area contributed by atoms with Crippen LogP contribution in [0.2, 0.25) is 0 Å². The summed E-state index contributed by atoms with van der Waals surface area (Å²) >= 11 is 0. The van der Waals surface area contributed by atoms with Gasteiger partial charge in [0.15, 0.2) is 0 Å². The highest BCUT2D eigenvalue weighted by Gasteiger charge is 2.00. The summed E-state index contributed by atoms with van der Waals surface area (Å²) in [6.45, 7) is 2.30. The highest BCUT2D eigenvalue weighted by molar-refractivity contribution is 5.36. The second kappa shape index (κ2) is 26.4. The van der Waals surface area contributed by atoms with E-state index >= 15 is 0 Å². The summed E-state index contributed by atoms with van der Waals surface area (Å²) in [5.41, 5.74) is 1.04. The fourth-order valence-corrected chi connectivity index (χ4v) is 5.62. The van der Waals surface area contributed by atoms with Crippen molar-refractivity contribution in [1.29, 1.82) is 0 Å². The Morgan fingerprint density at radius 1 is 0.351 bits per heavy atom. The summed E-state index contributed by atoms with van der Waals surface area (Å²) in [5.74, 6) is 0.333. The van der Waals surface area contributed by atoms with Crippen LogP contribution in [0.25, 0.3) is 0 Å². The monoisotopic (exact) mass is 516 g/mol. The maximum Gasteiger partial charge on any atom is 0.119 e. The standard InChI is InChI=1S/C35H64O2/c1-2-3-4-5-6-7-8-9-10-11-12-13-14-15-16-17-18-19-20-21-22-23-24-25-26-27-28-29-33-30-34(36)32-35(37)31-33/h30-32,36-37H,2-29H2,1H3. The van der Waals surface area contributed by atoms with E-state index in [0.717, 1.165) is 18.4 Å². The van der Waals surface area contributed by atoms with Crippen LogP contribution in [0.5, 0.6) is 11.5 Å². The number of phenolic OH excluding ortho intramolecular Hbond substituents is 2. The van der Waals surface area contributed by atoms with Crippen LogP contribution in [0.1, 0.15) is 186 Å². The summed E-state index contributed by atoms with van der Waals surface area (Å²) in [5, 5.41) is 19.1. The number of rotatable bonds is 28. The number of aromatic hydroxyl groups is 2. The Morgan fingerprint density at radius 2 is 0.595 bits per heavy atom. The van der Waals surface area contributed by atoms with Crippen LogP contribution in [0.15, 0.2) is 18.2 Å². The zero-order valence-corrected chi connectivity index (χ0v) is 24.9. The minimum Gasteiger partial charge on any atom is -0.508 e. The molecular formula is C35H64O2. The molecule has 1 rings (SSSR count). The Balaban J connectivity index is 1.68. The highest BCUT2D eigenvalue weighted by atomic mass is 16.3. The highest BCUT2D eigenvalue weighted by Crippen LogP contribution is 2.22. The summed E-state index contributed by atoms with van der Waals surface area (Å²) in [7, 11) is 0. The zero-order chi connectivity index (χ0) is 26.7. The van der Waals surface area contributed by atoms with Gasteiger partial charge < -0.3 is 10.2 Å². The molecule has 0 atom stereocenters. The molecule has 2 heteroatoms. The molecule has 2 nitrogen and oxygen atoms in total. The van der Waals surface area contributed by atoms with E-state index in [1.54, 1.807) is 12.1 Å². The smallest absolute Gasteiger partial charge is 0.119 e. The van der Waals surface area contributed by atoms with Gasteiger partial charge in [0.2, 0.25) is 0 Å². The van der Waals surface area contributed by atoms with Crippen LogP contribution in [-0.2, 0) is 6.42 Å². The molecule has 0 radical (unpaired) electrons. The molecule has 1 aromatic carbocycles. The summed E-state index contributed by atoms with van der Waals surface area (Å²) < 4.78 is 0. The topological polar surface area (TPSA) is 40.5 Å². The molecule has 0 fully saturated rings. The third-order valence-electron chi connectivity index (χ3n) is 8.03. The normalized spacial score (nSPS) is 11.4. The first kappa shape index (κ1) is 33.8. The molecule has 0 aliphatic rings. The molecule has 0 amide bonds. The van der Waals surface area contributed by atoms with Crippen LogP contribution >= 0.6 is 0 Å². The average Bonchev–Trinajstić information content (AvgIpc) is 2.87. The average molecular weight is 517 g/mol. The Morgan fingerprint density at radius 3 is 0.865 bits per heavy atom. The fourth-order valence-electron chi connectivity index (χ4n) is 5.62. The van der Waals surface area contributed by atoms with Crippen molar-refractivity contribution in [2.75, 3.05) is 0 Å². The maximum absolute atomic E-state index is 9.54. The van der Waals surface area contributed by atoms with E-state index in [9.17, 15) is 10.2 Å². The van der Waals surface area contributed by atoms with Crippen molar-refractivity contribution in [3.05, 3.63) is 23.8 Å². The quantitative estimate of drug-likeness (QED) is 0.109. The lowest BCUT2D eigenvalue weighted by Gasteiger charge is -2.05. The van der Waals surface area contributed by atoms with Crippen molar-refractivity contribution < 1.29 is 10.2 Å². The first-order valence-corrected chi connectivity index (χ1v) is 16.7. The van der Waals surface area contributed by atoms with Crippen LogP contribution in [-0.4, -0.2) is 10.2 Å². The Kier molecular flexibility index (Phi) is 24.2. The second-order valence-electron chi connectivity index (χ2n) is 11.8. The minimum absolute atomic E-state index is 0.167. The van der Waals surface area contributed by atoms with Crippen molar-refractivity contribution >= 4 is 0 Å². The minimum atomic E-state index is 0.167. The predicted molar refractivity (Wildman–Crippen MR) is 164 cm³/mol. The van der Waals surface area contributed by atoms with Crippen molar-refractivity contribution in [2.24, 2.45) is 0 Å². The molecule has 0 aliphatic carbocycles. The summed E-state index contributed by atoms with van der Waals surface area (Å²) in [4.78, 5) is 0. The lowest BCUT2D eigenvalue weighted by Crippen LogP contribution is -1.87. The molecule has 0 saturated carbocycles. The number of unbranched alkanes of at least 4 members (excludes halogenated alkanes) is 26. The molecule has 216 valence electrons. The Hall–Kier alpha value is -1.18. The van der Waals surface area contributed by atoms with Gasteiger partial charge in [0.05, 0.1) is 0 Å². The fraction of sp³-hybridized carbons (Fsp3) is 0.829. The first-order valence-electron chi connectivity index (χ1n) is 16.7. The van der Waals surface area contributed by atoms with E-state index < -0.39 is 0 Å². The van der Waals surface area contributed by atoms with Gasteiger partial charge in [-0.05, 0) is 30.5 Å². The largest absolute Gasteiger partial charge is 0.508 e. The van der Waals surface area contributed by atoms with E-state index in [4.69, 9.17) is 0 Å². The molecule has 0 unspecified atom stereocenters. The molecule has 2 N–H and O–H groups in total. The van der Waals surface area contributed by atoms with Crippen LogP contribution in [0.3, 0.4) is 0 Å². The lowest BCUT2D eigenvalue weighted by atomic mass is 10.0. The van der Waals surface area contributed by atoms with Gasteiger partial charge in [-0.25, -0.2) is 0 Å². The molecule has 0 aliphatic heterocycles. The lowest BCUT2D eigenvalue weighted by molar-refractivity contribution is 0.449. The first-order chi connectivity index (χ1) is 18.2. The Bertz CT molecular complexity index is 577. The van der Waals surface area contributed by atoms with Crippen LogP contribution in [0, 0.1) is 0 Å².